The SMILES string of the molecule is CC(CCC(N)N)CC(N)CCCCCN. The van der Waals surface area contributed by atoms with Gasteiger partial charge in [0.2, 0.25) is 0 Å². The fraction of sp³-hybridized carbons (Fsp3) is 1.00. The Morgan fingerprint density at radius 3 is 2.12 bits per heavy atom. The van der Waals surface area contributed by atoms with Gasteiger partial charge in [0.1, 0.15) is 0 Å². The van der Waals surface area contributed by atoms with Gasteiger partial charge in [-0.3, -0.25) is 0 Å². The number of nitrogens with two attached hydrogens (primary N) is 4. The van der Waals surface area contributed by atoms with E-state index < -0.39 is 0 Å². The second-order valence-corrected chi connectivity index (χ2v) is 4.98. The first kappa shape index (κ1) is 15.8. The van der Waals surface area contributed by atoms with Gasteiger partial charge < -0.3 is 22.9 Å². The average molecular weight is 230 g/mol. The van der Waals surface area contributed by atoms with Gasteiger partial charge in [0.15, 0.2) is 0 Å². The van der Waals surface area contributed by atoms with Crippen molar-refractivity contribution in [1.82, 2.24) is 0 Å². The van der Waals surface area contributed by atoms with E-state index in [9.17, 15) is 0 Å². The molecule has 0 radical (unpaired) electrons. The Morgan fingerprint density at radius 1 is 0.875 bits per heavy atom. The first-order chi connectivity index (χ1) is 7.56. The molecule has 98 valence electrons. The van der Waals surface area contributed by atoms with Crippen LogP contribution in [0.2, 0.25) is 0 Å². The molecule has 0 fully saturated rings. The first-order valence-electron chi connectivity index (χ1n) is 6.53. The fourth-order valence-electron chi connectivity index (χ4n) is 1.96. The first-order valence-corrected chi connectivity index (χ1v) is 6.53. The van der Waals surface area contributed by atoms with Crippen LogP contribution in [0.4, 0.5) is 0 Å². The van der Waals surface area contributed by atoms with Gasteiger partial charge in [-0.25, -0.2) is 0 Å². The van der Waals surface area contributed by atoms with E-state index in [1.165, 1.54) is 12.8 Å². The molecule has 2 atom stereocenters. The minimum absolute atomic E-state index is 0.178. The predicted molar refractivity (Wildman–Crippen MR) is 70.7 cm³/mol. The van der Waals surface area contributed by atoms with Gasteiger partial charge in [-0.15, -0.1) is 0 Å². The summed E-state index contributed by atoms with van der Waals surface area (Å²) < 4.78 is 0. The van der Waals surface area contributed by atoms with Crippen LogP contribution in [0.1, 0.15) is 51.9 Å². The summed E-state index contributed by atoms with van der Waals surface area (Å²) in [5, 5.41) is 0. The molecule has 0 heterocycles. The maximum Gasteiger partial charge on any atom is 0.0520 e. The maximum absolute atomic E-state index is 6.07. The molecule has 8 N–H and O–H groups in total. The molecule has 0 spiro atoms. The highest BCUT2D eigenvalue weighted by Crippen LogP contribution is 2.15. The normalized spacial score (nSPS) is 15.4. The minimum atomic E-state index is -0.178. The van der Waals surface area contributed by atoms with Crippen LogP contribution in [0.15, 0.2) is 0 Å². The largest absolute Gasteiger partial charge is 0.330 e. The Labute approximate surface area is 100 Å². The van der Waals surface area contributed by atoms with Crippen molar-refractivity contribution in [2.45, 2.75) is 64.1 Å². The molecule has 0 aliphatic carbocycles. The highest BCUT2D eigenvalue weighted by atomic mass is 14.8. The molecule has 4 heteroatoms. The molecule has 0 bridgehead atoms. The standard InChI is InChI=1S/C12H30N4/c1-10(6-7-12(15)16)9-11(14)5-3-2-4-8-13/h10-12H,2-9,13-16H2,1H3. The third kappa shape index (κ3) is 10.4. The summed E-state index contributed by atoms with van der Waals surface area (Å²) in [4.78, 5) is 0. The van der Waals surface area contributed by atoms with Crippen molar-refractivity contribution in [1.29, 1.82) is 0 Å². The summed E-state index contributed by atoms with van der Waals surface area (Å²) >= 11 is 0. The van der Waals surface area contributed by atoms with Gasteiger partial charge in [-0.2, -0.15) is 0 Å². The van der Waals surface area contributed by atoms with Gasteiger partial charge in [0, 0.05) is 6.04 Å². The summed E-state index contributed by atoms with van der Waals surface area (Å²) in [5.74, 6) is 0.624. The van der Waals surface area contributed by atoms with Crippen molar-refractivity contribution in [3.63, 3.8) is 0 Å². The Hall–Kier alpha value is -0.160. The molecule has 0 aromatic rings. The molecule has 0 aromatic heterocycles. The zero-order valence-electron chi connectivity index (χ0n) is 10.7. The third-order valence-corrected chi connectivity index (χ3v) is 2.98. The molecule has 0 saturated carbocycles. The topological polar surface area (TPSA) is 104 Å². The molecule has 4 nitrogen and oxygen atoms in total. The Kier molecular flexibility index (Phi) is 9.92. The minimum Gasteiger partial charge on any atom is -0.330 e. The second kappa shape index (κ2) is 10.0. The quantitative estimate of drug-likeness (QED) is 0.330. The molecular weight excluding hydrogens is 200 g/mol. The molecule has 0 aromatic carbocycles. The molecule has 0 rings (SSSR count). The predicted octanol–water partition coefficient (Wildman–Crippen LogP) is 0.883. The van der Waals surface area contributed by atoms with E-state index in [0.29, 0.717) is 12.0 Å². The van der Waals surface area contributed by atoms with Crippen LogP contribution in [0.3, 0.4) is 0 Å². The summed E-state index contributed by atoms with van der Waals surface area (Å²) in [6.45, 7) is 3.02. The summed E-state index contributed by atoms with van der Waals surface area (Å²) in [7, 11) is 0. The van der Waals surface area contributed by atoms with Gasteiger partial charge in [0.25, 0.3) is 0 Å². The van der Waals surface area contributed by atoms with E-state index in [4.69, 9.17) is 22.9 Å². The van der Waals surface area contributed by atoms with Crippen molar-refractivity contribution in [3.05, 3.63) is 0 Å². The van der Waals surface area contributed by atoms with Crippen molar-refractivity contribution in [3.8, 4) is 0 Å². The Balaban J connectivity index is 3.42. The number of rotatable bonds is 10. The lowest BCUT2D eigenvalue weighted by atomic mass is 9.94. The zero-order valence-corrected chi connectivity index (χ0v) is 10.7. The maximum atomic E-state index is 6.07. The molecule has 0 aliphatic rings. The van der Waals surface area contributed by atoms with E-state index in [1.807, 2.05) is 0 Å². The molecule has 2 unspecified atom stereocenters. The zero-order chi connectivity index (χ0) is 12.4. The van der Waals surface area contributed by atoms with Crippen LogP contribution in [0.25, 0.3) is 0 Å². The highest BCUT2D eigenvalue weighted by Gasteiger charge is 2.09. The van der Waals surface area contributed by atoms with E-state index in [2.05, 4.69) is 6.92 Å². The van der Waals surface area contributed by atoms with Crippen LogP contribution in [-0.4, -0.2) is 18.8 Å². The van der Waals surface area contributed by atoms with Gasteiger partial charge >= 0.3 is 0 Å². The third-order valence-electron chi connectivity index (χ3n) is 2.98. The second-order valence-electron chi connectivity index (χ2n) is 4.98. The monoisotopic (exact) mass is 230 g/mol. The van der Waals surface area contributed by atoms with Crippen LogP contribution in [0, 0.1) is 5.92 Å². The molecule has 0 saturated heterocycles. The smallest absolute Gasteiger partial charge is 0.0520 e. The summed E-state index contributed by atoms with van der Waals surface area (Å²) in [5.41, 5.74) is 22.5. The highest BCUT2D eigenvalue weighted by molar-refractivity contribution is 4.67. The van der Waals surface area contributed by atoms with E-state index in [1.54, 1.807) is 0 Å². The Morgan fingerprint density at radius 2 is 1.56 bits per heavy atom. The van der Waals surface area contributed by atoms with Crippen LogP contribution < -0.4 is 22.9 Å². The lowest BCUT2D eigenvalue weighted by molar-refractivity contribution is 0.392. The lowest BCUT2D eigenvalue weighted by Gasteiger charge is -2.18. The van der Waals surface area contributed by atoms with E-state index in [0.717, 1.165) is 38.6 Å². The molecule has 16 heavy (non-hydrogen) atoms. The van der Waals surface area contributed by atoms with Crippen LogP contribution in [0.5, 0.6) is 0 Å². The van der Waals surface area contributed by atoms with E-state index >= 15 is 0 Å². The van der Waals surface area contributed by atoms with Crippen molar-refractivity contribution < 1.29 is 0 Å². The number of unbranched alkanes of at least 4 members (excludes halogenated alkanes) is 2. The van der Waals surface area contributed by atoms with Gasteiger partial charge in [-0.05, 0) is 44.6 Å². The average Bonchev–Trinajstić information content (AvgIpc) is 2.21. The van der Waals surface area contributed by atoms with Crippen LogP contribution in [-0.2, 0) is 0 Å². The van der Waals surface area contributed by atoms with Crippen molar-refractivity contribution >= 4 is 0 Å². The van der Waals surface area contributed by atoms with Gasteiger partial charge in [0.05, 0.1) is 6.17 Å². The number of hydrogen-bond acceptors (Lipinski definition) is 4. The fourth-order valence-corrected chi connectivity index (χ4v) is 1.96. The Bertz CT molecular complexity index is 150. The molecule has 0 aliphatic heterocycles. The lowest BCUT2D eigenvalue weighted by Crippen LogP contribution is -2.31. The molecule has 0 amide bonds. The van der Waals surface area contributed by atoms with Gasteiger partial charge in [-0.1, -0.05) is 19.8 Å². The number of hydrogen-bond donors (Lipinski definition) is 4. The summed E-state index contributed by atoms with van der Waals surface area (Å²) in [6.07, 6.45) is 7.49. The van der Waals surface area contributed by atoms with Crippen molar-refractivity contribution in [2.24, 2.45) is 28.9 Å². The van der Waals surface area contributed by atoms with Crippen molar-refractivity contribution in [2.75, 3.05) is 6.54 Å². The van der Waals surface area contributed by atoms with E-state index in [-0.39, 0.29) is 6.17 Å². The molecular formula is C12H30N4. The van der Waals surface area contributed by atoms with Crippen LogP contribution >= 0.6 is 0 Å². The summed E-state index contributed by atoms with van der Waals surface area (Å²) in [6, 6.07) is 0.321.